The molecule has 0 radical (unpaired) electrons. The molecule has 15 heavy (non-hydrogen) atoms. The summed E-state index contributed by atoms with van der Waals surface area (Å²) in [6, 6.07) is 2.51. The zero-order valence-corrected chi connectivity index (χ0v) is 8.58. The van der Waals surface area contributed by atoms with Crippen LogP contribution in [-0.4, -0.2) is 22.7 Å². The van der Waals surface area contributed by atoms with E-state index in [1.54, 1.807) is 18.3 Å². The lowest BCUT2D eigenvalue weighted by molar-refractivity contribution is -0.117. The van der Waals surface area contributed by atoms with Gasteiger partial charge in [-0.25, -0.2) is 9.78 Å². The smallest absolute Gasteiger partial charge is 0.318 e. The van der Waals surface area contributed by atoms with Crippen LogP contribution in [0.2, 0.25) is 0 Å². The molecule has 0 fully saturated rings. The summed E-state index contributed by atoms with van der Waals surface area (Å²) < 4.78 is 0. The Bertz CT molecular complexity index is 383. The van der Waals surface area contributed by atoms with Crippen LogP contribution in [0.15, 0.2) is 23.4 Å². The molecule has 0 atom stereocenters. The van der Waals surface area contributed by atoms with Gasteiger partial charge in [-0.05, 0) is 12.1 Å². The first-order valence-corrected chi connectivity index (χ1v) is 5.00. The molecule has 80 valence electrons. The number of nitrogens with two attached hydrogens (primary N) is 2. The topological polar surface area (TPSA) is 111 Å². The highest BCUT2D eigenvalue weighted by Gasteiger charge is 2.07. The third kappa shape index (κ3) is 3.86. The number of hydrogen-bond donors (Lipinski definition) is 3. The number of carbonyl (C=O) groups excluding carboxylic acids is 2. The van der Waals surface area contributed by atoms with Crippen molar-refractivity contribution < 1.29 is 9.59 Å². The Morgan fingerprint density at radius 1 is 1.53 bits per heavy atom. The fraction of sp³-hybridized carbons (Fsp3) is 0.125. The maximum absolute atomic E-state index is 11.0. The van der Waals surface area contributed by atoms with Crippen molar-refractivity contribution in [1.82, 2.24) is 10.3 Å². The number of nitrogens with one attached hydrogen (secondary N) is 1. The van der Waals surface area contributed by atoms with E-state index >= 15 is 0 Å². The Hall–Kier alpha value is -1.76. The number of imide groups is 1. The highest BCUT2D eigenvalue weighted by Crippen LogP contribution is 2.20. The predicted octanol–water partition coefficient (Wildman–Crippen LogP) is -0.0492. The van der Waals surface area contributed by atoms with Gasteiger partial charge in [0.1, 0.15) is 5.03 Å². The number of rotatable bonds is 3. The van der Waals surface area contributed by atoms with Crippen molar-refractivity contribution in [2.24, 2.45) is 5.73 Å². The molecule has 5 N–H and O–H groups in total. The number of amides is 3. The molecule has 0 saturated carbocycles. The van der Waals surface area contributed by atoms with E-state index in [4.69, 9.17) is 11.5 Å². The van der Waals surface area contributed by atoms with Gasteiger partial charge in [0.25, 0.3) is 0 Å². The lowest BCUT2D eigenvalue weighted by Crippen LogP contribution is -2.36. The number of hydrogen-bond acceptors (Lipinski definition) is 5. The maximum atomic E-state index is 11.0. The van der Waals surface area contributed by atoms with Crippen molar-refractivity contribution in [2.75, 3.05) is 11.5 Å². The van der Waals surface area contributed by atoms with Crippen molar-refractivity contribution in [1.29, 1.82) is 0 Å². The molecule has 0 unspecified atom stereocenters. The zero-order chi connectivity index (χ0) is 11.3. The summed E-state index contributed by atoms with van der Waals surface area (Å²) in [7, 11) is 0. The van der Waals surface area contributed by atoms with Crippen LogP contribution in [-0.2, 0) is 4.79 Å². The fourth-order valence-corrected chi connectivity index (χ4v) is 1.54. The highest BCUT2D eigenvalue weighted by atomic mass is 32.2. The van der Waals surface area contributed by atoms with Crippen LogP contribution in [0.25, 0.3) is 0 Å². The normalized spacial score (nSPS) is 9.60. The van der Waals surface area contributed by atoms with E-state index in [0.717, 1.165) is 11.8 Å². The Kier molecular flexibility index (Phi) is 3.92. The van der Waals surface area contributed by atoms with E-state index in [2.05, 4.69) is 4.98 Å². The number of urea groups is 1. The molecule has 0 spiro atoms. The second-order valence-electron chi connectivity index (χ2n) is 2.60. The number of nitrogens with zero attached hydrogens (tertiary/aromatic N) is 1. The highest BCUT2D eigenvalue weighted by molar-refractivity contribution is 8.00. The van der Waals surface area contributed by atoms with E-state index in [-0.39, 0.29) is 5.75 Å². The fourth-order valence-electron chi connectivity index (χ4n) is 0.831. The van der Waals surface area contributed by atoms with Crippen LogP contribution < -0.4 is 16.8 Å². The summed E-state index contributed by atoms with van der Waals surface area (Å²) >= 11 is 1.14. The van der Waals surface area contributed by atoms with Crippen LogP contribution >= 0.6 is 11.8 Å². The van der Waals surface area contributed by atoms with Crippen molar-refractivity contribution in [3.05, 3.63) is 18.3 Å². The predicted molar refractivity (Wildman–Crippen MR) is 57.1 cm³/mol. The zero-order valence-electron chi connectivity index (χ0n) is 7.77. The third-order valence-electron chi connectivity index (χ3n) is 1.40. The first kappa shape index (κ1) is 11.3. The molecule has 6 nitrogen and oxygen atoms in total. The monoisotopic (exact) mass is 226 g/mol. The summed E-state index contributed by atoms with van der Waals surface area (Å²) in [6.07, 6.45) is 1.57. The minimum absolute atomic E-state index is 0.0458. The van der Waals surface area contributed by atoms with Crippen LogP contribution in [0.3, 0.4) is 0 Å². The van der Waals surface area contributed by atoms with Crippen molar-refractivity contribution in [3.8, 4) is 0 Å². The second kappa shape index (κ2) is 5.20. The molecule has 1 aromatic rings. The average molecular weight is 226 g/mol. The molecule has 0 aliphatic carbocycles. The number of carbonyl (C=O) groups is 2. The van der Waals surface area contributed by atoms with Crippen LogP contribution in [0.5, 0.6) is 0 Å². The van der Waals surface area contributed by atoms with Gasteiger partial charge < -0.3 is 11.5 Å². The van der Waals surface area contributed by atoms with E-state index < -0.39 is 11.9 Å². The number of thioether (sulfide) groups is 1. The molecule has 0 bridgehead atoms. The first-order valence-electron chi connectivity index (χ1n) is 4.02. The standard InChI is InChI=1S/C8H10N4O2S/c9-5-2-1-3-11-7(5)15-4-6(13)12-8(10)14/h1-3H,4,9H2,(H3,10,12,13,14). The summed E-state index contributed by atoms with van der Waals surface area (Å²) in [6.45, 7) is 0. The van der Waals surface area contributed by atoms with Gasteiger partial charge in [-0.15, -0.1) is 0 Å². The third-order valence-corrected chi connectivity index (χ3v) is 2.42. The quantitative estimate of drug-likeness (QED) is 0.626. The summed E-state index contributed by atoms with van der Waals surface area (Å²) in [5.41, 5.74) is 10.9. The number of anilines is 1. The Morgan fingerprint density at radius 3 is 2.87 bits per heavy atom. The van der Waals surface area contributed by atoms with Crippen LogP contribution in [0, 0.1) is 0 Å². The van der Waals surface area contributed by atoms with Gasteiger partial charge in [0.05, 0.1) is 11.4 Å². The number of aromatic nitrogens is 1. The molecule has 1 rings (SSSR count). The van der Waals surface area contributed by atoms with Gasteiger partial charge >= 0.3 is 6.03 Å². The molecule has 0 saturated heterocycles. The number of pyridine rings is 1. The van der Waals surface area contributed by atoms with E-state index in [0.29, 0.717) is 10.7 Å². The minimum atomic E-state index is -0.866. The van der Waals surface area contributed by atoms with Gasteiger partial charge in [-0.1, -0.05) is 11.8 Å². The van der Waals surface area contributed by atoms with Gasteiger partial charge in [0.15, 0.2) is 0 Å². The number of primary amides is 1. The average Bonchev–Trinajstić information content (AvgIpc) is 2.15. The SMILES string of the molecule is NC(=O)NC(=O)CSc1ncccc1N. The summed E-state index contributed by atoms with van der Waals surface area (Å²) in [5.74, 6) is -0.429. The van der Waals surface area contributed by atoms with E-state index in [1.807, 2.05) is 5.32 Å². The van der Waals surface area contributed by atoms with Gasteiger partial charge in [0.2, 0.25) is 5.91 Å². The summed E-state index contributed by atoms with van der Waals surface area (Å²) in [5, 5.41) is 2.50. The lowest BCUT2D eigenvalue weighted by atomic mass is 10.4. The van der Waals surface area contributed by atoms with Crippen molar-refractivity contribution >= 4 is 29.4 Å². The molecular weight excluding hydrogens is 216 g/mol. The molecule has 1 aromatic heterocycles. The Labute approximate surface area is 90.4 Å². The number of nitrogen functional groups attached to an aromatic ring is 1. The maximum Gasteiger partial charge on any atom is 0.318 e. The van der Waals surface area contributed by atoms with Gasteiger partial charge in [-0.2, -0.15) is 0 Å². The first-order chi connectivity index (χ1) is 7.09. The Balaban J connectivity index is 2.47. The van der Waals surface area contributed by atoms with Crippen molar-refractivity contribution in [2.45, 2.75) is 5.03 Å². The Morgan fingerprint density at radius 2 is 2.27 bits per heavy atom. The molecular formula is C8H10N4O2S. The van der Waals surface area contributed by atoms with E-state index in [1.165, 1.54) is 0 Å². The van der Waals surface area contributed by atoms with Crippen molar-refractivity contribution in [3.63, 3.8) is 0 Å². The second-order valence-corrected chi connectivity index (χ2v) is 3.56. The lowest BCUT2D eigenvalue weighted by Gasteiger charge is -2.02. The molecule has 7 heteroatoms. The molecule has 0 aliphatic rings. The minimum Gasteiger partial charge on any atom is -0.397 e. The van der Waals surface area contributed by atoms with Crippen LogP contribution in [0.1, 0.15) is 0 Å². The largest absolute Gasteiger partial charge is 0.397 e. The molecule has 1 heterocycles. The van der Waals surface area contributed by atoms with Crippen LogP contribution in [0.4, 0.5) is 10.5 Å². The molecule has 0 aliphatic heterocycles. The molecule has 3 amide bonds. The summed E-state index contributed by atoms with van der Waals surface area (Å²) in [4.78, 5) is 25.3. The van der Waals surface area contributed by atoms with E-state index in [9.17, 15) is 9.59 Å². The molecule has 0 aromatic carbocycles. The van der Waals surface area contributed by atoms with Gasteiger partial charge in [0, 0.05) is 6.20 Å². The van der Waals surface area contributed by atoms with Gasteiger partial charge in [-0.3, -0.25) is 10.1 Å².